The van der Waals surface area contributed by atoms with Crippen molar-refractivity contribution in [2.75, 3.05) is 0 Å². The van der Waals surface area contributed by atoms with Crippen LogP contribution in [0.1, 0.15) is 0 Å². The van der Waals surface area contributed by atoms with Gasteiger partial charge in [-0.25, -0.2) is 4.98 Å². The molecule has 0 atom stereocenters. The topological polar surface area (TPSA) is 17.8 Å². The van der Waals surface area contributed by atoms with E-state index in [0.29, 0.717) is 38.6 Å². The molecular formula is C39H18B8N2. The van der Waals surface area contributed by atoms with E-state index in [0.717, 1.165) is 33.3 Å². The molecule has 0 N–H and O–H groups in total. The fourth-order valence-corrected chi connectivity index (χ4v) is 6.92. The van der Waals surface area contributed by atoms with E-state index in [2.05, 4.69) is 12.1 Å². The van der Waals surface area contributed by atoms with Crippen molar-refractivity contribution in [3.05, 3.63) is 109 Å². The molecule has 0 spiro atoms. The molecule has 16 radical (unpaired) electrons. The van der Waals surface area contributed by atoms with Crippen molar-refractivity contribution in [1.82, 2.24) is 9.55 Å². The molecule has 0 saturated heterocycles. The first-order valence-corrected chi connectivity index (χ1v) is 15.6. The predicted octanol–water partition coefficient (Wildman–Crippen LogP) is 0.683. The first-order valence-electron chi connectivity index (χ1n) is 15.6. The van der Waals surface area contributed by atoms with Gasteiger partial charge >= 0.3 is 0 Å². The van der Waals surface area contributed by atoms with Crippen LogP contribution >= 0.6 is 0 Å². The van der Waals surface area contributed by atoms with E-state index in [-0.39, 0.29) is 43.7 Å². The van der Waals surface area contributed by atoms with Crippen molar-refractivity contribution in [1.29, 1.82) is 0 Å². The van der Waals surface area contributed by atoms with Crippen LogP contribution in [0.25, 0.3) is 71.9 Å². The molecule has 7 aromatic carbocycles. The number of nitrogens with zero attached hydrogens (tertiary/aromatic N) is 2. The standard InChI is InChI=1S/C39H18B8N2/c40-30-26-25(21-17-15-20(16-18-21)19-9-3-1-4-10-19)27-29(33(43)37(47)35(45)31(27)41)38(28(26)32(42)36(46)34(30)44)49-24-14-8-7-13-23(24)48-39(49)22-11-5-2-6-12-22/h1-18H. The van der Waals surface area contributed by atoms with Gasteiger partial charge in [-0.15, -0.1) is 21.9 Å². The second-order valence-electron chi connectivity index (χ2n) is 12.1. The summed E-state index contributed by atoms with van der Waals surface area (Å²) in [6.07, 6.45) is 0. The quantitative estimate of drug-likeness (QED) is 0.215. The average Bonchev–Trinajstić information content (AvgIpc) is 3.53. The summed E-state index contributed by atoms with van der Waals surface area (Å²) in [7, 11) is 54.3. The van der Waals surface area contributed by atoms with Crippen molar-refractivity contribution in [2.24, 2.45) is 0 Å². The Hall–Kier alpha value is -4.95. The third kappa shape index (κ3) is 4.71. The van der Waals surface area contributed by atoms with Gasteiger partial charge in [0.15, 0.2) is 0 Å². The molecule has 2 nitrogen and oxygen atoms in total. The molecule has 8 rings (SSSR count). The van der Waals surface area contributed by atoms with Gasteiger partial charge in [0.2, 0.25) is 0 Å². The second-order valence-corrected chi connectivity index (χ2v) is 12.1. The zero-order valence-corrected chi connectivity index (χ0v) is 26.4. The maximum atomic E-state index is 7.00. The highest BCUT2D eigenvalue weighted by Crippen LogP contribution is 2.41. The lowest BCUT2D eigenvalue weighted by Crippen LogP contribution is -2.50. The molecule has 0 unspecified atom stereocenters. The lowest BCUT2D eigenvalue weighted by molar-refractivity contribution is 1.13. The Morgan fingerprint density at radius 3 is 1.31 bits per heavy atom. The van der Waals surface area contributed by atoms with E-state index in [1.807, 2.05) is 102 Å². The van der Waals surface area contributed by atoms with Gasteiger partial charge < -0.3 is 0 Å². The Labute approximate surface area is 296 Å². The van der Waals surface area contributed by atoms with Gasteiger partial charge in [0.25, 0.3) is 0 Å². The van der Waals surface area contributed by atoms with E-state index in [1.165, 1.54) is 0 Å². The van der Waals surface area contributed by atoms with Gasteiger partial charge in [0, 0.05) is 5.56 Å². The fourth-order valence-electron chi connectivity index (χ4n) is 6.92. The van der Waals surface area contributed by atoms with Gasteiger partial charge in [-0.3, -0.25) is 4.57 Å². The highest BCUT2D eigenvalue weighted by molar-refractivity contribution is 6.71. The number of para-hydroxylation sites is 2. The predicted molar refractivity (Wildman–Crippen MR) is 215 cm³/mol. The summed E-state index contributed by atoms with van der Waals surface area (Å²) in [5, 5.41) is 2.14. The molecule has 49 heavy (non-hydrogen) atoms. The molecule has 0 aliphatic rings. The van der Waals surface area contributed by atoms with Crippen molar-refractivity contribution >= 4 is 139 Å². The SMILES string of the molecule is [B]c1c([B])c([B])c2c(-n3c(-c4ccccc4)nc4ccccc43)c3c([B])c([B])c([B])c([B])c3c(-c3ccc(-c4ccccc4)cc3)c2c1[B]. The van der Waals surface area contributed by atoms with E-state index in [4.69, 9.17) is 67.8 Å². The summed E-state index contributed by atoms with van der Waals surface area (Å²) in [5.41, 5.74) is 8.01. The van der Waals surface area contributed by atoms with Crippen LogP contribution in [0.2, 0.25) is 0 Å². The van der Waals surface area contributed by atoms with Crippen LogP contribution in [0.5, 0.6) is 0 Å². The van der Waals surface area contributed by atoms with E-state index in [9.17, 15) is 0 Å². The van der Waals surface area contributed by atoms with Crippen molar-refractivity contribution in [2.45, 2.75) is 0 Å². The van der Waals surface area contributed by atoms with Gasteiger partial charge in [-0.2, -0.15) is 0 Å². The summed E-state index contributed by atoms with van der Waals surface area (Å²) in [4.78, 5) is 5.08. The summed E-state index contributed by atoms with van der Waals surface area (Å²) in [6.45, 7) is 0. The van der Waals surface area contributed by atoms with E-state index >= 15 is 0 Å². The molecule has 8 aromatic rings. The van der Waals surface area contributed by atoms with Gasteiger partial charge in [0.1, 0.15) is 68.6 Å². The highest BCUT2D eigenvalue weighted by atomic mass is 15.1. The Morgan fingerprint density at radius 2 is 0.776 bits per heavy atom. The number of rotatable bonds is 4. The maximum Gasteiger partial charge on any atom is 0.145 e. The molecule has 10 heteroatoms. The zero-order valence-electron chi connectivity index (χ0n) is 26.4. The van der Waals surface area contributed by atoms with Crippen LogP contribution in [-0.2, 0) is 0 Å². The lowest BCUT2D eigenvalue weighted by atomic mass is 9.60. The first kappa shape index (κ1) is 31.3. The summed E-state index contributed by atoms with van der Waals surface area (Å²) in [5.74, 6) is 0.631. The van der Waals surface area contributed by atoms with E-state index in [1.54, 1.807) is 0 Å². The summed E-state index contributed by atoms with van der Waals surface area (Å²) < 4.78 is 2.01. The minimum Gasteiger partial charge on any atom is -0.291 e. The van der Waals surface area contributed by atoms with Crippen LogP contribution in [0.4, 0.5) is 0 Å². The average molecular weight is 601 g/mol. The Bertz CT molecular complexity index is 2540. The number of fused-ring (bicyclic) bond motifs is 3. The van der Waals surface area contributed by atoms with Crippen molar-refractivity contribution in [3.8, 4) is 39.3 Å². The van der Waals surface area contributed by atoms with Gasteiger partial charge in [-0.1, -0.05) is 119 Å². The highest BCUT2D eigenvalue weighted by Gasteiger charge is 2.27. The Balaban J connectivity index is 1.64. The molecule has 0 aliphatic carbocycles. The third-order valence-electron chi connectivity index (χ3n) is 9.39. The molecule has 0 fully saturated rings. The summed E-state index contributed by atoms with van der Waals surface area (Å²) in [6, 6.07) is 35.8. The molecule has 0 amide bonds. The number of imidazole rings is 1. The minimum atomic E-state index is 0.150. The molecule has 1 heterocycles. The normalized spacial score (nSPS) is 11.5. The third-order valence-corrected chi connectivity index (χ3v) is 9.39. The minimum absolute atomic E-state index is 0.150. The van der Waals surface area contributed by atoms with Gasteiger partial charge in [-0.05, 0) is 55.9 Å². The monoisotopic (exact) mass is 602 g/mol. The zero-order chi connectivity index (χ0) is 34.1. The Morgan fingerprint density at radius 1 is 0.367 bits per heavy atom. The molecule has 0 saturated carbocycles. The van der Waals surface area contributed by atoms with Crippen LogP contribution in [-0.4, -0.2) is 72.3 Å². The van der Waals surface area contributed by atoms with Crippen molar-refractivity contribution < 1.29 is 0 Å². The van der Waals surface area contributed by atoms with Crippen molar-refractivity contribution in [3.63, 3.8) is 0 Å². The largest absolute Gasteiger partial charge is 0.291 e. The lowest BCUT2D eigenvalue weighted by Gasteiger charge is -2.29. The first-order chi connectivity index (χ1) is 23.7. The van der Waals surface area contributed by atoms with Crippen LogP contribution < -0.4 is 43.7 Å². The van der Waals surface area contributed by atoms with Crippen LogP contribution in [0.15, 0.2) is 109 Å². The smallest absolute Gasteiger partial charge is 0.145 e. The number of benzene rings is 7. The van der Waals surface area contributed by atoms with Crippen LogP contribution in [0.3, 0.4) is 0 Å². The molecule has 1 aromatic heterocycles. The summed E-state index contributed by atoms with van der Waals surface area (Å²) >= 11 is 0. The number of hydrogen-bond donors (Lipinski definition) is 0. The van der Waals surface area contributed by atoms with Gasteiger partial charge in [0.05, 0.1) is 16.7 Å². The molecule has 0 bridgehead atoms. The van der Waals surface area contributed by atoms with Crippen LogP contribution in [0, 0.1) is 0 Å². The molecule has 0 aliphatic heterocycles. The fraction of sp³-hybridized carbons (Fsp3) is 0. The number of aromatic nitrogens is 2. The maximum absolute atomic E-state index is 7.00. The van der Waals surface area contributed by atoms with E-state index < -0.39 is 0 Å². The molecular weight excluding hydrogens is 583 g/mol. The second kappa shape index (κ2) is 11.9. The molecule has 208 valence electrons. The Kier molecular flexibility index (Phi) is 7.59. The number of hydrogen-bond acceptors (Lipinski definition) is 1.